The Hall–Kier alpha value is -1.37. The Labute approximate surface area is 110 Å². The molecule has 4 N–H and O–H groups in total. The molecule has 1 aromatic rings. The van der Waals surface area contributed by atoms with Crippen LogP contribution in [-0.4, -0.2) is 27.6 Å². The predicted molar refractivity (Wildman–Crippen MR) is 77.5 cm³/mol. The zero-order valence-corrected chi connectivity index (χ0v) is 11.8. The second-order valence-electron chi connectivity index (χ2n) is 3.97. The van der Waals surface area contributed by atoms with Gasteiger partial charge >= 0.3 is 5.69 Å². The molecule has 0 fully saturated rings. The molecule has 7 heteroatoms. The highest BCUT2D eigenvalue weighted by atomic mass is 32.2. The number of nitrogens with zero attached hydrogens (tertiary/aromatic N) is 1. The highest BCUT2D eigenvalue weighted by molar-refractivity contribution is 7.98. The number of nitrogen functional groups attached to an aromatic ring is 1. The second-order valence-corrected chi connectivity index (χ2v) is 4.88. The van der Waals surface area contributed by atoms with E-state index in [1.807, 2.05) is 13.2 Å². The van der Waals surface area contributed by atoms with Gasteiger partial charge in [0.15, 0.2) is 0 Å². The molecule has 102 valence electrons. The van der Waals surface area contributed by atoms with E-state index in [-0.39, 0.29) is 17.5 Å². The van der Waals surface area contributed by atoms with Crippen LogP contribution in [0.5, 0.6) is 0 Å². The molecule has 0 aliphatic carbocycles. The maximum atomic E-state index is 11.8. The van der Waals surface area contributed by atoms with Crippen molar-refractivity contribution >= 4 is 23.3 Å². The monoisotopic (exact) mass is 272 g/mol. The smallest absolute Gasteiger partial charge is 0.330 e. The van der Waals surface area contributed by atoms with Crippen molar-refractivity contribution in [1.82, 2.24) is 9.55 Å². The number of H-pyrrole nitrogens is 1. The minimum Gasteiger partial charge on any atom is -0.383 e. The number of hydrogen-bond donors (Lipinski definition) is 3. The zero-order valence-electron chi connectivity index (χ0n) is 10.9. The van der Waals surface area contributed by atoms with Crippen LogP contribution in [0.25, 0.3) is 0 Å². The number of anilines is 2. The van der Waals surface area contributed by atoms with E-state index in [0.29, 0.717) is 6.54 Å². The van der Waals surface area contributed by atoms with Crippen LogP contribution in [0.3, 0.4) is 0 Å². The van der Waals surface area contributed by atoms with Gasteiger partial charge in [-0.3, -0.25) is 14.3 Å². The Morgan fingerprint density at radius 1 is 1.44 bits per heavy atom. The van der Waals surface area contributed by atoms with Crippen molar-refractivity contribution in [3.8, 4) is 0 Å². The first-order chi connectivity index (χ1) is 8.54. The number of thioether (sulfide) groups is 1. The van der Waals surface area contributed by atoms with Crippen molar-refractivity contribution in [2.75, 3.05) is 23.1 Å². The lowest BCUT2D eigenvalue weighted by Crippen LogP contribution is -2.36. The molecule has 0 aliphatic heterocycles. The first-order valence-corrected chi connectivity index (χ1v) is 7.32. The van der Waals surface area contributed by atoms with E-state index in [2.05, 4.69) is 10.3 Å². The lowest BCUT2D eigenvalue weighted by molar-refractivity contribution is 0.699. The van der Waals surface area contributed by atoms with Gasteiger partial charge in [0.2, 0.25) is 0 Å². The van der Waals surface area contributed by atoms with Gasteiger partial charge in [-0.25, -0.2) is 4.79 Å². The van der Waals surface area contributed by atoms with E-state index in [4.69, 9.17) is 5.73 Å². The Morgan fingerprint density at radius 2 is 2.11 bits per heavy atom. The van der Waals surface area contributed by atoms with Crippen LogP contribution >= 0.6 is 11.8 Å². The van der Waals surface area contributed by atoms with Gasteiger partial charge < -0.3 is 11.1 Å². The van der Waals surface area contributed by atoms with Gasteiger partial charge in [-0.1, -0.05) is 6.92 Å². The summed E-state index contributed by atoms with van der Waals surface area (Å²) in [6.07, 6.45) is 2.88. The lowest BCUT2D eigenvalue weighted by Gasteiger charge is -2.19. The van der Waals surface area contributed by atoms with Crippen LogP contribution in [0, 0.1) is 0 Å². The molecule has 0 saturated carbocycles. The number of nitrogens with two attached hydrogens (primary N) is 1. The van der Waals surface area contributed by atoms with Crippen molar-refractivity contribution in [3.05, 3.63) is 20.8 Å². The van der Waals surface area contributed by atoms with Crippen LogP contribution < -0.4 is 22.3 Å². The number of hydrogen-bond acceptors (Lipinski definition) is 5. The van der Waals surface area contributed by atoms with Gasteiger partial charge in [0.25, 0.3) is 5.56 Å². The van der Waals surface area contributed by atoms with Gasteiger partial charge in [0.1, 0.15) is 11.5 Å². The summed E-state index contributed by atoms with van der Waals surface area (Å²) in [5.74, 6) is 1.08. The molecule has 0 radical (unpaired) electrons. The van der Waals surface area contributed by atoms with Crippen molar-refractivity contribution in [3.63, 3.8) is 0 Å². The average Bonchev–Trinajstić information content (AvgIpc) is 2.33. The third kappa shape index (κ3) is 3.10. The molecule has 1 aromatic heterocycles. The molecule has 0 saturated heterocycles. The summed E-state index contributed by atoms with van der Waals surface area (Å²) in [5.41, 5.74) is 5.23. The summed E-state index contributed by atoms with van der Waals surface area (Å²) < 4.78 is 1.34. The van der Waals surface area contributed by atoms with E-state index in [9.17, 15) is 9.59 Å². The van der Waals surface area contributed by atoms with E-state index in [1.54, 1.807) is 18.7 Å². The predicted octanol–water partition coefficient (Wildman–Crippen LogP) is 0.692. The molecule has 0 amide bonds. The number of aromatic amines is 1. The average molecular weight is 272 g/mol. The minimum absolute atomic E-state index is 0.159. The summed E-state index contributed by atoms with van der Waals surface area (Å²) in [6.45, 7) is 4.27. The van der Waals surface area contributed by atoms with Crippen LogP contribution in [0.15, 0.2) is 9.59 Å². The molecule has 0 spiro atoms. The van der Waals surface area contributed by atoms with Gasteiger partial charge in [0, 0.05) is 18.3 Å². The lowest BCUT2D eigenvalue weighted by atomic mass is 10.2. The van der Waals surface area contributed by atoms with Crippen molar-refractivity contribution in [2.24, 2.45) is 0 Å². The third-order valence-electron chi connectivity index (χ3n) is 2.76. The summed E-state index contributed by atoms with van der Waals surface area (Å²) in [6, 6.07) is 0.159. The molecular weight excluding hydrogens is 252 g/mol. The fourth-order valence-electron chi connectivity index (χ4n) is 1.71. The molecule has 0 aliphatic rings. The highest BCUT2D eigenvalue weighted by Gasteiger charge is 2.14. The Morgan fingerprint density at radius 3 is 2.61 bits per heavy atom. The van der Waals surface area contributed by atoms with E-state index in [0.717, 1.165) is 12.2 Å². The topological polar surface area (TPSA) is 92.9 Å². The summed E-state index contributed by atoms with van der Waals surface area (Å²) in [5, 5.41) is 3.12. The SMILES string of the molecule is CCC(CSC)Nc1c(N)n(CC)c(=O)[nH]c1=O. The molecule has 18 heavy (non-hydrogen) atoms. The number of rotatable bonds is 6. The molecular formula is C11H20N4O2S. The largest absolute Gasteiger partial charge is 0.383 e. The van der Waals surface area contributed by atoms with Crippen LogP contribution in [0.4, 0.5) is 11.5 Å². The molecule has 6 nitrogen and oxygen atoms in total. The van der Waals surface area contributed by atoms with E-state index < -0.39 is 11.2 Å². The number of aromatic nitrogens is 2. The Kier molecular flexibility index (Phi) is 5.33. The van der Waals surface area contributed by atoms with Gasteiger partial charge in [-0.2, -0.15) is 11.8 Å². The molecule has 1 unspecified atom stereocenters. The summed E-state index contributed by atoms with van der Waals surface area (Å²) >= 11 is 1.69. The standard InChI is InChI=1S/C11H20N4O2S/c1-4-7(6-18-3)13-8-9(12)15(5-2)11(17)14-10(8)16/h7,13H,4-6,12H2,1-3H3,(H,14,16,17). The Balaban J connectivity index is 3.16. The molecule has 1 atom stereocenters. The first-order valence-electron chi connectivity index (χ1n) is 5.93. The fraction of sp³-hybridized carbons (Fsp3) is 0.636. The van der Waals surface area contributed by atoms with Crippen molar-refractivity contribution in [1.29, 1.82) is 0 Å². The maximum absolute atomic E-state index is 11.8. The molecule has 0 bridgehead atoms. The van der Waals surface area contributed by atoms with Gasteiger partial charge in [-0.15, -0.1) is 0 Å². The van der Waals surface area contributed by atoms with E-state index >= 15 is 0 Å². The highest BCUT2D eigenvalue weighted by Crippen LogP contribution is 2.14. The van der Waals surface area contributed by atoms with E-state index in [1.165, 1.54) is 4.57 Å². The number of nitrogens with one attached hydrogen (secondary N) is 2. The van der Waals surface area contributed by atoms with Gasteiger partial charge in [0.05, 0.1) is 0 Å². The van der Waals surface area contributed by atoms with Crippen LogP contribution in [0.2, 0.25) is 0 Å². The molecule has 1 rings (SSSR count). The zero-order chi connectivity index (χ0) is 13.7. The maximum Gasteiger partial charge on any atom is 0.330 e. The molecule has 0 aromatic carbocycles. The van der Waals surface area contributed by atoms with Gasteiger partial charge in [-0.05, 0) is 19.6 Å². The fourth-order valence-corrected chi connectivity index (χ4v) is 2.43. The van der Waals surface area contributed by atoms with Crippen LogP contribution in [0.1, 0.15) is 20.3 Å². The minimum atomic E-state index is -0.469. The summed E-state index contributed by atoms with van der Waals surface area (Å²) in [4.78, 5) is 25.6. The molecule has 1 heterocycles. The third-order valence-corrected chi connectivity index (χ3v) is 3.50. The van der Waals surface area contributed by atoms with Crippen LogP contribution in [-0.2, 0) is 6.54 Å². The summed E-state index contributed by atoms with van der Waals surface area (Å²) in [7, 11) is 0. The van der Waals surface area contributed by atoms with Crippen molar-refractivity contribution in [2.45, 2.75) is 32.9 Å². The first kappa shape index (κ1) is 14.7. The Bertz CT molecular complexity index is 509. The quantitative estimate of drug-likeness (QED) is 0.708. The second kappa shape index (κ2) is 6.53. The van der Waals surface area contributed by atoms with Crippen molar-refractivity contribution < 1.29 is 0 Å². The normalized spacial score (nSPS) is 12.4.